The zero-order valence-corrected chi connectivity index (χ0v) is 19.1. The molecular formula is C23H25F3N6O2. The molecule has 0 spiro atoms. The van der Waals surface area contributed by atoms with Crippen LogP contribution in [0.5, 0.6) is 5.88 Å². The van der Waals surface area contributed by atoms with Crippen LogP contribution in [0.1, 0.15) is 72.9 Å². The lowest BCUT2D eigenvalue weighted by molar-refractivity contribution is 0.0552. The van der Waals surface area contributed by atoms with E-state index in [4.69, 9.17) is 4.74 Å². The topological polar surface area (TPSA) is 85.5 Å². The number of aromatic nitrogens is 5. The second kappa shape index (κ2) is 8.21. The third-order valence-corrected chi connectivity index (χ3v) is 6.63. The molecule has 0 aromatic carbocycles. The van der Waals surface area contributed by atoms with Crippen molar-refractivity contribution in [1.82, 2.24) is 29.5 Å². The summed E-state index contributed by atoms with van der Waals surface area (Å²) in [6.07, 6.45) is 0.686. The number of fused-ring (bicyclic) bond motifs is 1. The van der Waals surface area contributed by atoms with Gasteiger partial charge in [-0.25, -0.2) is 27.7 Å². The molecule has 2 aliphatic rings. The number of carbonyl (C=O) groups excluding carboxylic acids is 1. The van der Waals surface area contributed by atoms with Crippen LogP contribution in [-0.2, 0) is 0 Å². The van der Waals surface area contributed by atoms with E-state index in [2.05, 4.69) is 20.1 Å². The predicted octanol–water partition coefficient (Wildman–Crippen LogP) is 4.10. The Balaban J connectivity index is 1.50. The summed E-state index contributed by atoms with van der Waals surface area (Å²) in [6.45, 7) is 6.32. The number of alkyl halides is 2. The van der Waals surface area contributed by atoms with Gasteiger partial charge in [0.15, 0.2) is 5.82 Å². The molecule has 3 aromatic rings. The average molecular weight is 474 g/mol. The number of amides is 1. The molecule has 1 amide bonds. The number of halogens is 3. The monoisotopic (exact) mass is 474 g/mol. The highest BCUT2D eigenvalue weighted by molar-refractivity contribution is 5.95. The van der Waals surface area contributed by atoms with Crippen molar-refractivity contribution in [2.45, 2.75) is 58.5 Å². The summed E-state index contributed by atoms with van der Waals surface area (Å²) < 4.78 is 49.2. The van der Waals surface area contributed by atoms with E-state index in [1.165, 1.54) is 23.0 Å². The summed E-state index contributed by atoms with van der Waals surface area (Å²) in [4.78, 5) is 27.0. The molecule has 0 bridgehead atoms. The third kappa shape index (κ3) is 4.07. The predicted molar refractivity (Wildman–Crippen MR) is 115 cm³/mol. The zero-order valence-electron chi connectivity index (χ0n) is 19.1. The van der Waals surface area contributed by atoms with Crippen LogP contribution in [0.2, 0.25) is 0 Å². The minimum atomic E-state index is -2.77. The van der Waals surface area contributed by atoms with Gasteiger partial charge in [0.25, 0.3) is 24.0 Å². The van der Waals surface area contributed by atoms with E-state index in [-0.39, 0.29) is 41.2 Å². The molecular weight excluding hydrogens is 449 g/mol. The average Bonchev–Trinajstić information content (AvgIpc) is 3.47. The van der Waals surface area contributed by atoms with Crippen molar-refractivity contribution >= 4 is 11.7 Å². The summed E-state index contributed by atoms with van der Waals surface area (Å²) in [5, 5.41) is 4.17. The van der Waals surface area contributed by atoms with E-state index in [0.717, 1.165) is 12.8 Å². The van der Waals surface area contributed by atoms with Crippen LogP contribution < -0.4 is 4.74 Å². The summed E-state index contributed by atoms with van der Waals surface area (Å²) >= 11 is 0. The van der Waals surface area contributed by atoms with Crippen LogP contribution in [0, 0.1) is 18.2 Å². The van der Waals surface area contributed by atoms with Gasteiger partial charge in [-0.2, -0.15) is 10.1 Å². The van der Waals surface area contributed by atoms with E-state index < -0.39 is 23.8 Å². The Morgan fingerprint density at radius 1 is 1.24 bits per heavy atom. The molecule has 0 N–H and O–H groups in total. The fourth-order valence-electron chi connectivity index (χ4n) is 4.43. The molecule has 5 rings (SSSR count). The molecule has 34 heavy (non-hydrogen) atoms. The number of hydrogen-bond acceptors (Lipinski definition) is 6. The first-order valence-electron chi connectivity index (χ1n) is 11.3. The Morgan fingerprint density at radius 3 is 2.71 bits per heavy atom. The number of hydrogen-bond donors (Lipinski definition) is 0. The van der Waals surface area contributed by atoms with Crippen LogP contribution in [-0.4, -0.2) is 54.6 Å². The maximum atomic E-state index is 15.2. The molecule has 1 saturated carbocycles. The number of likely N-dealkylation sites (tertiary alicyclic amines) is 1. The Morgan fingerprint density at radius 2 is 2.00 bits per heavy atom. The second-order valence-corrected chi connectivity index (χ2v) is 9.67. The van der Waals surface area contributed by atoms with E-state index in [1.807, 2.05) is 13.8 Å². The fraction of sp³-hybridized carbons (Fsp3) is 0.522. The molecule has 1 saturated heterocycles. The van der Waals surface area contributed by atoms with Crippen LogP contribution in [0.4, 0.5) is 13.2 Å². The van der Waals surface area contributed by atoms with E-state index >= 15 is 4.39 Å². The first kappa shape index (κ1) is 22.5. The molecule has 1 aliphatic heterocycles. The van der Waals surface area contributed by atoms with Gasteiger partial charge in [-0.05, 0) is 43.7 Å². The molecule has 1 atom stereocenters. The SMILES string of the molecule is Cc1cc(C(=O)N2CCC(C)(C)[C@H](c3cc(C(F)F)nc4ncnn34)C2)c(F)c(OC2CC2)n1. The lowest BCUT2D eigenvalue weighted by Gasteiger charge is -2.44. The van der Waals surface area contributed by atoms with Crippen molar-refractivity contribution in [3.63, 3.8) is 0 Å². The number of aryl methyl sites for hydroxylation is 1. The lowest BCUT2D eigenvalue weighted by atomic mass is 9.71. The first-order valence-corrected chi connectivity index (χ1v) is 11.3. The van der Waals surface area contributed by atoms with Gasteiger partial charge in [-0.3, -0.25) is 4.79 Å². The Bertz CT molecular complexity index is 1260. The van der Waals surface area contributed by atoms with Crippen molar-refractivity contribution in [3.8, 4) is 5.88 Å². The number of pyridine rings is 1. The molecule has 3 aromatic heterocycles. The number of piperidine rings is 1. The van der Waals surface area contributed by atoms with Crippen molar-refractivity contribution < 1.29 is 22.7 Å². The van der Waals surface area contributed by atoms with Gasteiger partial charge in [-0.1, -0.05) is 13.8 Å². The zero-order chi connectivity index (χ0) is 24.2. The van der Waals surface area contributed by atoms with Gasteiger partial charge in [0.1, 0.15) is 18.1 Å². The number of ether oxygens (including phenoxy) is 1. The van der Waals surface area contributed by atoms with Crippen LogP contribution >= 0.6 is 0 Å². The Kier molecular flexibility index (Phi) is 5.44. The molecule has 11 heteroatoms. The van der Waals surface area contributed by atoms with E-state index in [9.17, 15) is 13.6 Å². The van der Waals surface area contributed by atoms with Gasteiger partial charge in [-0.15, -0.1) is 0 Å². The number of carbonyl (C=O) groups is 1. The second-order valence-electron chi connectivity index (χ2n) is 9.67. The van der Waals surface area contributed by atoms with Crippen LogP contribution in [0.3, 0.4) is 0 Å². The molecule has 1 aliphatic carbocycles. The highest BCUT2D eigenvalue weighted by atomic mass is 19.3. The molecule has 2 fully saturated rings. The van der Waals surface area contributed by atoms with Gasteiger partial charge < -0.3 is 9.64 Å². The maximum Gasteiger partial charge on any atom is 0.280 e. The van der Waals surface area contributed by atoms with Crippen LogP contribution in [0.25, 0.3) is 5.78 Å². The van der Waals surface area contributed by atoms with Crippen molar-refractivity contribution in [2.75, 3.05) is 13.1 Å². The highest BCUT2D eigenvalue weighted by Crippen LogP contribution is 2.43. The Labute approximate surface area is 194 Å². The third-order valence-electron chi connectivity index (χ3n) is 6.63. The minimum absolute atomic E-state index is 0.0623. The maximum absolute atomic E-state index is 15.2. The minimum Gasteiger partial charge on any atom is -0.472 e. The fourth-order valence-corrected chi connectivity index (χ4v) is 4.43. The van der Waals surface area contributed by atoms with Gasteiger partial charge in [0.05, 0.1) is 11.3 Å². The van der Waals surface area contributed by atoms with Crippen molar-refractivity contribution in [3.05, 3.63) is 46.9 Å². The first-order chi connectivity index (χ1) is 16.1. The van der Waals surface area contributed by atoms with E-state index in [1.54, 1.807) is 11.8 Å². The van der Waals surface area contributed by atoms with E-state index in [0.29, 0.717) is 24.4 Å². The van der Waals surface area contributed by atoms with Gasteiger partial charge >= 0.3 is 0 Å². The molecule has 0 unspecified atom stereocenters. The normalized spacial score (nSPS) is 20.2. The number of rotatable bonds is 5. The number of nitrogens with zero attached hydrogens (tertiary/aromatic N) is 6. The largest absolute Gasteiger partial charge is 0.472 e. The summed E-state index contributed by atoms with van der Waals surface area (Å²) in [5.74, 6) is -1.69. The van der Waals surface area contributed by atoms with Crippen molar-refractivity contribution in [2.24, 2.45) is 5.41 Å². The summed E-state index contributed by atoms with van der Waals surface area (Å²) in [6, 6.07) is 2.74. The van der Waals surface area contributed by atoms with Crippen LogP contribution in [0.15, 0.2) is 18.5 Å². The highest BCUT2D eigenvalue weighted by Gasteiger charge is 2.41. The standard InChI is InChI=1S/C23H25F3N6O2/c1-12-8-14(18(24)20(29-12)34-13-4-5-13)21(33)31-7-6-23(2,3)15(10-31)17-9-16(19(25)26)30-22-27-11-28-32(17)22/h8-9,11,13,15,19H,4-7,10H2,1-3H3/t15-/m0/s1. The Hall–Kier alpha value is -3.24. The van der Waals surface area contributed by atoms with Gasteiger partial charge in [0, 0.05) is 24.7 Å². The molecule has 8 nitrogen and oxygen atoms in total. The quantitative estimate of drug-likeness (QED) is 0.554. The smallest absolute Gasteiger partial charge is 0.280 e. The lowest BCUT2D eigenvalue weighted by Crippen LogP contribution is -2.47. The molecule has 0 radical (unpaired) electrons. The summed E-state index contributed by atoms with van der Waals surface area (Å²) in [5.41, 5.74) is 0.130. The molecule has 4 heterocycles. The summed E-state index contributed by atoms with van der Waals surface area (Å²) in [7, 11) is 0. The molecule has 180 valence electrons. The van der Waals surface area contributed by atoms with Crippen molar-refractivity contribution in [1.29, 1.82) is 0 Å². The van der Waals surface area contributed by atoms with Gasteiger partial charge in [0.2, 0.25) is 0 Å².